The number of amides is 1. The number of likely N-dealkylation sites (N-methyl/N-ethyl adjacent to an activating group) is 2. The first-order valence-electron chi connectivity index (χ1n) is 6.85. The second-order valence-corrected chi connectivity index (χ2v) is 4.64. The molecule has 0 saturated heterocycles. The third-order valence-corrected chi connectivity index (χ3v) is 2.89. The lowest BCUT2D eigenvalue weighted by atomic mass is 10.2. The van der Waals surface area contributed by atoms with Crippen LogP contribution in [0.2, 0.25) is 0 Å². The van der Waals surface area contributed by atoms with Crippen molar-refractivity contribution < 1.29 is 4.79 Å². The van der Waals surface area contributed by atoms with Gasteiger partial charge < -0.3 is 15.6 Å². The number of hydrazine groups is 1. The van der Waals surface area contributed by atoms with E-state index >= 15 is 0 Å². The molecule has 0 aromatic carbocycles. The number of nitrogens with zero attached hydrogens (tertiary/aromatic N) is 3. The minimum absolute atomic E-state index is 0.0349. The molecule has 1 rings (SSSR count). The highest BCUT2D eigenvalue weighted by molar-refractivity contribution is 5.81. The average molecular weight is 280 g/mol. The summed E-state index contributed by atoms with van der Waals surface area (Å²) in [6, 6.07) is 0. The largest absolute Gasteiger partial charge is 0.355 e. The summed E-state index contributed by atoms with van der Waals surface area (Å²) in [5.74, 6) is 7.51. The summed E-state index contributed by atoms with van der Waals surface area (Å²) >= 11 is 0. The molecule has 7 nitrogen and oxygen atoms in total. The van der Waals surface area contributed by atoms with Gasteiger partial charge in [-0.1, -0.05) is 6.92 Å². The number of nitrogens with two attached hydrogens (primary N) is 1. The van der Waals surface area contributed by atoms with E-state index in [1.807, 2.05) is 25.8 Å². The molecule has 0 fully saturated rings. The molecule has 0 unspecified atom stereocenters. The van der Waals surface area contributed by atoms with Crippen molar-refractivity contribution in [2.24, 2.45) is 5.84 Å². The third-order valence-electron chi connectivity index (χ3n) is 2.89. The third kappa shape index (κ3) is 4.06. The number of rotatable bonds is 7. The molecule has 0 atom stereocenters. The number of nitrogens with one attached hydrogen (secondary N) is 2. The molecule has 1 aromatic rings. The van der Waals surface area contributed by atoms with Crippen molar-refractivity contribution in [3.8, 4) is 0 Å². The van der Waals surface area contributed by atoms with E-state index in [4.69, 9.17) is 5.84 Å². The smallest absolute Gasteiger partial charge is 0.239 e. The maximum atomic E-state index is 11.7. The van der Waals surface area contributed by atoms with Gasteiger partial charge in [-0.2, -0.15) is 0 Å². The zero-order valence-electron chi connectivity index (χ0n) is 12.7. The van der Waals surface area contributed by atoms with Gasteiger partial charge in [-0.3, -0.25) is 4.79 Å². The van der Waals surface area contributed by atoms with E-state index in [0.29, 0.717) is 12.4 Å². The Labute approximate surface area is 119 Å². The fourth-order valence-corrected chi connectivity index (χ4v) is 1.94. The maximum Gasteiger partial charge on any atom is 0.239 e. The van der Waals surface area contributed by atoms with E-state index in [0.717, 1.165) is 30.0 Å². The summed E-state index contributed by atoms with van der Waals surface area (Å²) in [7, 11) is 1.83. The first-order valence-corrected chi connectivity index (χ1v) is 6.85. The van der Waals surface area contributed by atoms with Gasteiger partial charge in [-0.05, 0) is 20.3 Å². The zero-order valence-corrected chi connectivity index (χ0v) is 12.7. The number of carbonyl (C=O) groups excluding carboxylic acids is 1. The molecule has 0 aliphatic rings. The highest BCUT2D eigenvalue weighted by Crippen LogP contribution is 2.22. The van der Waals surface area contributed by atoms with Crippen molar-refractivity contribution in [2.45, 2.75) is 33.6 Å². The lowest BCUT2D eigenvalue weighted by molar-refractivity contribution is -0.119. The Balaban J connectivity index is 3.02. The molecule has 0 saturated carbocycles. The number of aryl methyl sites for hydroxylation is 1. The van der Waals surface area contributed by atoms with Crippen molar-refractivity contribution in [1.29, 1.82) is 0 Å². The van der Waals surface area contributed by atoms with Crippen LogP contribution in [0.4, 0.5) is 11.6 Å². The number of hydrogen-bond donors (Lipinski definition) is 3. The second-order valence-electron chi connectivity index (χ2n) is 4.64. The van der Waals surface area contributed by atoms with Gasteiger partial charge in [-0.25, -0.2) is 15.8 Å². The van der Waals surface area contributed by atoms with E-state index in [-0.39, 0.29) is 12.5 Å². The van der Waals surface area contributed by atoms with Gasteiger partial charge in [0.05, 0.1) is 6.54 Å². The lowest BCUT2D eigenvalue weighted by Crippen LogP contribution is -2.36. The molecule has 20 heavy (non-hydrogen) atoms. The fourth-order valence-electron chi connectivity index (χ4n) is 1.94. The van der Waals surface area contributed by atoms with Gasteiger partial charge in [0.1, 0.15) is 17.5 Å². The van der Waals surface area contributed by atoms with E-state index < -0.39 is 0 Å². The topological polar surface area (TPSA) is 96.2 Å². The van der Waals surface area contributed by atoms with E-state index in [1.54, 1.807) is 0 Å². The van der Waals surface area contributed by atoms with Gasteiger partial charge in [0.25, 0.3) is 0 Å². The fraction of sp³-hybridized carbons (Fsp3) is 0.615. The van der Waals surface area contributed by atoms with E-state index in [2.05, 4.69) is 27.6 Å². The number of aromatic nitrogens is 2. The molecule has 0 aliphatic carbocycles. The highest BCUT2D eigenvalue weighted by atomic mass is 16.2. The summed E-state index contributed by atoms with van der Waals surface area (Å²) < 4.78 is 0. The van der Waals surface area contributed by atoms with Gasteiger partial charge in [0.2, 0.25) is 5.91 Å². The Morgan fingerprint density at radius 3 is 2.60 bits per heavy atom. The van der Waals surface area contributed by atoms with Gasteiger partial charge in [0.15, 0.2) is 0 Å². The Morgan fingerprint density at radius 1 is 1.35 bits per heavy atom. The Kier molecular flexibility index (Phi) is 6.17. The lowest BCUT2D eigenvalue weighted by Gasteiger charge is -2.21. The molecular weight excluding hydrogens is 256 g/mol. The minimum atomic E-state index is -0.0349. The van der Waals surface area contributed by atoms with Gasteiger partial charge >= 0.3 is 0 Å². The van der Waals surface area contributed by atoms with Gasteiger partial charge in [0, 0.05) is 25.6 Å². The molecule has 1 amide bonds. The summed E-state index contributed by atoms with van der Waals surface area (Å²) in [4.78, 5) is 22.4. The number of anilines is 2. The van der Waals surface area contributed by atoms with Crippen LogP contribution in [0.3, 0.4) is 0 Å². The molecule has 112 valence electrons. The van der Waals surface area contributed by atoms with Crippen LogP contribution < -0.4 is 21.5 Å². The summed E-state index contributed by atoms with van der Waals surface area (Å²) in [5, 5.41) is 2.77. The molecule has 7 heteroatoms. The van der Waals surface area contributed by atoms with Crippen LogP contribution in [0.25, 0.3) is 0 Å². The monoisotopic (exact) mass is 280 g/mol. The van der Waals surface area contributed by atoms with Crippen molar-refractivity contribution in [2.75, 3.05) is 30.5 Å². The predicted molar refractivity (Wildman–Crippen MR) is 80.5 cm³/mol. The van der Waals surface area contributed by atoms with E-state index in [1.165, 1.54) is 0 Å². The minimum Gasteiger partial charge on any atom is -0.355 e. The zero-order chi connectivity index (χ0) is 15.1. The standard InChI is InChI=1S/C13H24N6O/c1-5-7-10-16-12(18-14)9(3)13(17-10)19(4)8-11(20)15-6-2/h5-8,14H2,1-4H3,(H,15,20)(H,16,17,18). The molecule has 1 aromatic heterocycles. The Bertz CT molecular complexity index is 462. The normalized spacial score (nSPS) is 10.2. The van der Waals surface area contributed by atoms with Crippen LogP contribution in [0.5, 0.6) is 0 Å². The van der Waals surface area contributed by atoms with Crippen LogP contribution in [0, 0.1) is 6.92 Å². The van der Waals surface area contributed by atoms with Crippen LogP contribution in [0.1, 0.15) is 31.7 Å². The number of hydrogen-bond acceptors (Lipinski definition) is 6. The van der Waals surface area contributed by atoms with Gasteiger partial charge in [-0.15, -0.1) is 0 Å². The first-order chi connectivity index (χ1) is 9.53. The summed E-state index contributed by atoms with van der Waals surface area (Å²) in [5.41, 5.74) is 3.42. The molecule has 1 heterocycles. The van der Waals surface area contributed by atoms with E-state index in [9.17, 15) is 4.79 Å². The number of carbonyl (C=O) groups is 1. The molecule has 0 bridgehead atoms. The molecule has 0 radical (unpaired) electrons. The predicted octanol–water partition coefficient (Wildman–Crippen LogP) is 0.595. The SMILES string of the molecule is CCCc1nc(NN)c(C)c(N(C)CC(=O)NCC)n1. The molecule has 0 spiro atoms. The average Bonchev–Trinajstić information content (AvgIpc) is 2.40. The molecule has 4 N–H and O–H groups in total. The van der Waals surface area contributed by atoms with Crippen LogP contribution in [-0.4, -0.2) is 36.0 Å². The van der Waals surface area contributed by atoms with Crippen molar-refractivity contribution in [3.63, 3.8) is 0 Å². The van der Waals surface area contributed by atoms with Crippen LogP contribution in [-0.2, 0) is 11.2 Å². The van der Waals surface area contributed by atoms with Crippen LogP contribution in [0.15, 0.2) is 0 Å². The Hall–Kier alpha value is -1.89. The summed E-state index contributed by atoms with van der Waals surface area (Å²) in [6.07, 6.45) is 1.73. The summed E-state index contributed by atoms with van der Waals surface area (Å²) in [6.45, 7) is 6.71. The quantitative estimate of drug-likeness (QED) is 0.500. The van der Waals surface area contributed by atoms with Crippen molar-refractivity contribution >= 4 is 17.5 Å². The number of nitrogen functional groups attached to an aromatic ring is 1. The first kappa shape index (κ1) is 16.2. The van der Waals surface area contributed by atoms with Crippen molar-refractivity contribution in [3.05, 3.63) is 11.4 Å². The maximum absolute atomic E-state index is 11.7. The second kappa shape index (κ2) is 7.64. The van der Waals surface area contributed by atoms with Crippen molar-refractivity contribution in [1.82, 2.24) is 15.3 Å². The molecular formula is C13H24N6O. The highest BCUT2D eigenvalue weighted by Gasteiger charge is 2.15. The Morgan fingerprint density at radius 2 is 2.05 bits per heavy atom. The molecule has 0 aliphatic heterocycles. The van der Waals surface area contributed by atoms with Crippen LogP contribution >= 0.6 is 0 Å².